The molecule has 0 saturated carbocycles. The zero-order valence-corrected chi connectivity index (χ0v) is 15.5. The fraction of sp³-hybridized carbons (Fsp3) is 0.227. The van der Waals surface area contributed by atoms with E-state index in [0.29, 0.717) is 23.6 Å². The van der Waals surface area contributed by atoms with Crippen molar-refractivity contribution in [2.45, 2.75) is 13.5 Å². The van der Waals surface area contributed by atoms with Crippen molar-refractivity contribution in [2.75, 3.05) is 30.1 Å². The van der Waals surface area contributed by atoms with Crippen LogP contribution < -0.4 is 9.80 Å². The highest BCUT2D eigenvalue weighted by atomic mass is 16.5. The molecule has 2 aliphatic heterocycles. The first-order valence-corrected chi connectivity index (χ1v) is 9.00. The Morgan fingerprint density at radius 2 is 2.04 bits per heavy atom. The third kappa shape index (κ3) is 2.80. The van der Waals surface area contributed by atoms with Crippen molar-refractivity contribution in [3.63, 3.8) is 0 Å². The molecular formula is C22H22N2O3. The molecule has 0 bridgehead atoms. The van der Waals surface area contributed by atoms with Crippen LogP contribution in [0.5, 0.6) is 0 Å². The molecule has 27 heavy (non-hydrogen) atoms. The summed E-state index contributed by atoms with van der Waals surface area (Å²) in [5.41, 5.74) is 5.10. The van der Waals surface area contributed by atoms with Crippen LogP contribution in [0, 0.1) is 0 Å². The Morgan fingerprint density at radius 1 is 1.22 bits per heavy atom. The fourth-order valence-corrected chi connectivity index (χ4v) is 3.58. The zero-order valence-electron chi connectivity index (χ0n) is 15.5. The van der Waals surface area contributed by atoms with Gasteiger partial charge in [0.1, 0.15) is 19.1 Å². The van der Waals surface area contributed by atoms with Gasteiger partial charge in [-0.05, 0) is 25.1 Å². The predicted molar refractivity (Wildman–Crippen MR) is 107 cm³/mol. The number of hydrogen-bond donors (Lipinski definition) is 1. The minimum absolute atomic E-state index is 0.228. The highest BCUT2D eigenvalue weighted by Crippen LogP contribution is 2.44. The fourth-order valence-electron chi connectivity index (χ4n) is 3.58. The number of ether oxygens (including phenoxy) is 1. The van der Waals surface area contributed by atoms with Crippen molar-refractivity contribution in [1.29, 1.82) is 0 Å². The normalized spacial score (nSPS) is 18.0. The van der Waals surface area contributed by atoms with Crippen LogP contribution in [0.3, 0.4) is 0 Å². The van der Waals surface area contributed by atoms with Gasteiger partial charge in [-0.1, -0.05) is 36.4 Å². The number of amides is 1. The molecule has 5 heteroatoms. The van der Waals surface area contributed by atoms with Gasteiger partial charge in [-0.2, -0.15) is 0 Å². The van der Waals surface area contributed by atoms with Crippen LogP contribution in [0.25, 0.3) is 11.3 Å². The molecule has 0 aromatic heterocycles. The van der Waals surface area contributed by atoms with Gasteiger partial charge < -0.3 is 14.7 Å². The number of para-hydroxylation sites is 1. The number of carbonyl (C=O) groups is 1. The molecule has 0 spiro atoms. The predicted octanol–water partition coefficient (Wildman–Crippen LogP) is 3.39. The smallest absolute Gasteiger partial charge is 0.264 e. The lowest BCUT2D eigenvalue weighted by molar-refractivity contribution is -0.113. The summed E-state index contributed by atoms with van der Waals surface area (Å²) in [6.07, 6.45) is 4.12. The lowest BCUT2D eigenvalue weighted by atomic mass is 10.00. The van der Waals surface area contributed by atoms with Crippen LogP contribution in [-0.2, 0) is 16.1 Å². The Balaban J connectivity index is 1.83. The molecule has 0 fully saturated rings. The number of allylic oxidation sites excluding steroid dienone is 1. The van der Waals surface area contributed by atoms with Crippen LogP contribution in [0.2, 0.25) is 0 Å². The van der Waals surface area contributed by atoms with Crippen LogP contribution >= 0.6 is 0 Å². The Morgan fingerprint density at radius 3 is 2.81 bits per heavy atom. The summed E-state index contributed by atoms with van der Waals surface area (Å²) in [6, 6.07) is 13.7. The van der Waals surface area contributed by atoms with Crippen molar-refractivity contribution in [1.82, 2.24) is 0 Å². The monoisotopic (exact) mass is 362 g/mol. The molecule has 0 radical (unpaired) electrons. The second kappa shape index (κ2) is 6.93. The Bertz CT molecular complexity index is 962. The van der Waals surface area contributed by atoms with Gasteiger partial charge in [0, 0.05) is 36.0 Å². The molecule has 1 amide bonds. The van der Waals surface area contributed by atoms with Crippen LogP contribution in [0.4, 0.5) is 11.4 Å². The summed E-state index contributed by atoms with van der Waals surface area (Å²) in [4.78, 5) is 16.5. The van der Waals surface area contributed by atoms with Gasteiger partial charge in [-0.15, -0.1) is 0 Å². The van der Waals surface area contributed by atoms with Crippen molar-refractivity contribution in [3.8, 4) is 0 Å². The number of carbonyl (C=O) groups excluding carboxylic acids is 1. The van der Waals surface area contributed by atoms with E-state index in [1.807, 2.05) is 44.3 Å². The van der Waals surface area contributed by atoms with E-state index in [1.54, 1.807) is 0 Å². The van der Waals surface area contributed by atoms with E-state index >= 15 is 0 Å². The Hall–Kier alpha value is -3.05. The van der Waals surface area contributed by atoms with Crippen molar-refractivity contribution < 1.29 is 14.6 Å². The van der Waals surface area contributed by atoms with E-state index < -0.39 is 0 Å². The van der Waals surface area contributed by atoms with E-state index in [1.165, 1.54) is 4.90 Å². The second-order valence-electron chi connectivity index (χ2n) is 6.68. The summed E-state index contributed by atoms with van der Waals surface area (Å²) < 4.78 is 5.96. The highest BCUT2D eigenvalue weighted by molar-refractivity contribution is 6.37. The van der Waals surface area contributed by atoms with Crippen LogP contribution in [-0.4, -0.2) is 31.3 Å². The number of anilines is 2. The molecule has 1 N–H and O–H groups in total. The maximum Gasteiger partial charge on any atom is 0.264 e. The van der Waals surface area contributed by atoms with Gasteiger partial charge in [0.15, 0.2) is 0 Å². The number of aliphatic hydroxyl groups excluding tert-OH is 1. The number of aliphatic hydroxyl groups is 1. The summed E-state index contributed by atoms with van der Waals surface area (Å²) in [7, 11) is 2.04. The molecule has 0 aliphatic carbocycles. The highest BCUT2D eigenvalue weighted by Gasteiger charge is 2.37. The SMILES string of the molecule is C/C=C/CN(C)c1ccc2c(c1)/C(=C1\C(=O)N(CO)c3ccccc31)OC2. The maximum absolute atomic E-state index is 13.0. The number of benzene rings is 2. The third-order valence-corrected chi connectivity index (χ3v) is 5.06. The minimum Gasteiger partial charge on any atom is -0.487 e. The number of rotatable bonds is 4. The maximum atomic E-state index is 13.0. The number of nitrogens with zero attached hydrogens (tertiary/aromatic N) is 2. The van der Waals surface area contributed by atoms with Gasteiger partial charge in [-0.25, -0.2) is 0 Å². The molecule has 2 aromatic carbocycles. The summed E-state index contributed by atoms with van der Waals surface area (Å²) in [5, 5.41) is 9.67. The second-order valence-corrected chi connectivity index (χ2v) is 6.68. The molecule has 2 heterocycles. The van der Waals surface area contributed by atoms with E-state index in [4.69, 9.17) is 4.74 Å². The van der Waals surface area contributed by atoms with E-state index in [2.05, 4.69) is 29.2 Å². The summed E-state index contributed by atoms with van der Waals surface area (Å²) >= 11 is 0. The van der Waals surface area contributed by atoms with Crippen LogP contribution in [0.15, 0.2) is 54.6 Å². The average molecular weight is 362 g/mol. The molecule has 0 unspecified atom stereocenters. The third-order valence-electron chi connectivity index (χ3n) is 5.06. The Labute approximate surface area is 158 Å². The van der Waals surface area contributed by atoms with E-state index in [-0.39, 0.29) is 12.6 Å². The number of fused-ring (bicyclic) bond motifs is 2. The van der Waals surface area contributed by atoms with Gasteiger partial charge >= 0.3 is 0 Å². The van der Waals surface area contributed by atoms with Crippen molar-refractivity contribution in [3.05, 3.63) is 71.3 Å². The van der Waals surface area contributed by atoms with Gasteiger partial charge in [0.05, 0.1) is 11.3 Å². The quantitative estimate of drug-likeness (QED) is 0.669. The molecule has 138 valence electrons. The topological polar surface area (TPSA) is 53.0 Å². The minimum atomic E-state index is -0.356. The molecule has 5 nitrogen and oxygen atoms in total. The first kappa shape index (κ1) is 17.4. The first-order valence-electron chi connectivity index (χ1n) is 9.00. The number of likely N-dealkylation sites (N-methyl/N-ethyl adjacent to an activating group) is 1. The van der Waals surface area contributed by atoms with E-state index in [9.17, 15) is 9.90 Å². The van der Waals surface area contributed by atoms with E-state index in [0.717, 1.165) is 28.9 Å². The molecule has 4 rings (SSSR count). The van der Waals surface area contributed by atoms with Gasteiger partial charge in [-0.3, -0.25) is 9.69 Å². The lowest BCUT2D eigenvalue weighted by Gasteiger charge is -2.18. The molecule has 0 atom stereocenters. The summed E-state index contributed by atoms with van der Waals surface area (Å²) in [5.74, 6) is 0.369. The molecule has 2 aliphatic rings. The lowest BCUT2D eigenvalue weighted by Crippen LogP contribution is -2.27. The van der Waals surface area contributed by atoms with Gasteiger partial charge in [0.25, 0.3) is 5.91 Å². The standard InChI is InChI=1S/C22H22N2O3/c1-3-4-11-23(2)16-10-9-15-13-27-21(18(15)12-16)20-17-7-5-6-8-19(17)24(14-25)22(20)26/h3-10,12,25H,11,13-14H2,1-2H3/b4-3+,21-20+. The molecule has 0 saturated heterocycles. The average Bonchev–Trinajstić information content (AvgIpc) is 3.22. The zero-order chi connectivity index (χ0) is 19.0. The summed E-state index contributed by atoms with van der Waals surface area (Å²) in [6.45, 7) is 2.90. The van der Waals surface area contributed by atoms with Crippen LogP contribution in [0.1, 0.15) is 23.6 Å². The Kier molecular flexibility index (Phi) is 4.46. The van der Waals surface area contributed by atoms with Crippen molar-refractivity contribution in [2.24, 2.45) is 0 Å². The molecule has 2 aromatic rings. The van der Waals surface area contributed by atoms with Crippen molar-refractivity contribution >= 4 is 28.6 Å². The largest absolute Gasteiger partial charge is 0.487 e. The van der Waals surface area contributed by atoms with Gasteiger partial charge in [0.2, 0.25) is 0 Å². The first-order chi connectivity index (χ1) is 13.2. The number of hydrogen-bond acceptors (Lipinski definition) is 4. The molecular weight excluding hydrogens is 340 g/mol.